The third kappa shape index (κ3) is 5.08. The number of alkyl halides is 3. The predicted molar refractivity (Wildman–Crippen MR) is 101 cm³/mol. The Balaban J connectivity index is 1.70. The lowest BCUT2D eigenvalue weighted by Crippen LogP contribution is -2.44. The molecular formula is C18H22ClF3N4O2. The van der Waals surface area contributed by atoms with Crippen LogP contribution in [0, 0.1) is 5.92 Å². The number of nitrogens with one attached hydrogen (secondary N) is 1. The average molecular weight is 419 g/mol. The molecule has 2 amide bonds. The van der Waals surface area contributed by atoms with E-state index in [4.69, 9.17) is 11.6 Å². The average Bonchev–Trinajstić information content (AvgIpc) is 2.95. The Morgan fingerprint density at radius 3 is 2.57 bits per heavy atom. The maximum Gasteiger partial charge on any atom is 0.406 e. The molecule has 0 radical (unpaired) electrons. The molecule has 2 aliphatic rings. The van der Waals surface area contributed by atoms with Crippen LogP contribution in [0.1, 0.15) is 6.42 Å². The molecule has 2 heterocycles. The first-order valence-corrected chi connectivity index (χ1v) is 9.38. The fourth-order valence-electron chi connectivity index (χ4n) is 3.48. The molecular weight excluding hydrogens is 397 g/mol. The van der Waals surface area contributed by atoms with Crippen molar-refractivity contribution >= 4 is 34.8 Å². The van der Waals surface area contributed by atoms with E-state index in [9.17, 15) is 22.8 Å². The summed E-state index contributed by atoms with van der Waals surface area (Å²) in [6.45, 7) is 1.73. The van der Waals surface area contributed by atoms with Crippen LogP contribution in [0.3, 0.4) is 0 Å². The molecule has 2 saturated heterocycles. The van der Waals surface area contributed by atoms with Crippen LogP contribution in [0.5, 0.6) is 0 Å². The van der Waals surface area contributed by atoms with Crippen molar-refractivity contribution in [3.8, 4) is 0 Å². The van der Waals surface area contributed by atoms with E-state index >= 15 is 0 Å². The van der Waals surface area contributed by atoms with E-state index in [1.54, 1.807) is 12.1 Å². The van der Waals surface area contributed by atoms with Crippen molar-refractivity contribution in [2.45, 2.75) is 12.6 Å². The van der Waals surface area contributed by atoms with Gasteiger partial charge in [0.05, 0.1) is 17.3 Å². The molecule has 2 fully saturated rings. The topological polar surface area (TPSA) is 55.9 Å². The first kappa shape index (κ1) is 20.7. The molecule has 6 nitrogen and oxygen atoms in total. The quantitative estimate of drug-likeness (QED) is 0.816. The number of rotatable bonds is 4. The van der Waals surface area contributed by atoms with Crippen molar-refractivity contribution in [1.82, 2.24) is 9.80 Å². The molecule has 1 atom stereocenters. The Bertz CT molecular complexity index is 751. The van der Waals surface area contributed by atoms with E-state index in [1.807, 2.05) is 13.1 Å². The van der Waals surface area contributed by atoms with Crippen molar-refractivity contribution in [2.24, 2.45) is 5.92 Å². The molecule has 154 valence electrons. The Kier molecular flexibility index (Phi) is 6.04. The fourth-order valence-corrected chi connectivity index (χ4v) is 3.66. The largest absolute Gasteiger partial charge is 0.406 e. The van der Waals surface area contributed by atoms with Gasteiger partial charge in [-0.3, -0.25) is 9.59 Å². The van der Waals surface area contributed by atoms with E-state index in [0.29, 0.717) is 15.6 Å². The zero-order valence-corrected chi connectivity index (χ0v) is 16.2. The minimum absolute atomic E-state index is 0.230. The summed E-state index contributed by atoms with van der Waals surface area (Å²) in [5.41, 5.74) is 1.31. The van der Waals surface area contributed by atoms with Crippen molar-refractivity contribution in [3.63, 3.8) is 0 Å². The van der Waals surface area contributed by atoms with Gasteiger partial charge in [0.25, 0.3) is 0 Å². The molecule has 1 N–H and O–H groups in total. The molecule has 28 heavy (non-hydrogen) atoms. The summed E-state index contributed by atoms with van der Waals surface area (Å²) in [6.07, 6.45) is -4.71. The van der Waals surface area contributed by atoms with Crippen molar-refractivity contribution in [1.29, 1.82) is 0 Å². The number of hydrogen-bond acceptors (Lipinski definition) is 4. The maximum atomic E-state index is 12.6. The molecule has 0 aromatic heterocycles. The van der Waals surface area contributed by atoms with Crippen LogP contribution in [0.15, 0.2) is 18.2 Å². The van der Waals surface area contributed by atoms with Crippen LogP contribution in [0.4, 0.5) is 24.5 Å². The number of likely N-dealkylation sites (tertiary alicyclic amines) is 1. The summed E-state index contributed by atoms with van der Waals surface area (Å²) in [6, 6.07) is 5.17. The zero-order chi connectivity index (χ0) is 20.5. The maximum absolute atomic E-state index is 12.6. The van der Waals surface area contributed by atoms with E-state index in [1.165, 1.54) is 0 Å². The monoisotopic (exact) mass is 418 g/mol. The second-order valence-electron chi connectivity index (χ2n) is 7.23. The van der Waals surface area contributed by atoms with Crippen LogP contribution in [0.25, 0.3) is 0 Å². The first-order chi connectivity index (χ1) is 13.1. The van der Waals surface area contributed by atoms with Gasteiger partial charge in [-0.1, -0.05) is 11.6 Å². The molecule has 0 aliphatic carbocycles. The smallest absolute Gasteiger partial charge is 0.367 e. The lowest BCUT2D eigenvalue weighted by molar-refractivity contribution is -0.157. The summed E-state index contributed by atoms with van der Waals surface area (Å²) >= 11 is 6.08. The Labute approximate surface area is 166 Å². The van der Waals surface area contributed by atoms with Gasteiger partial charge < -0.3 is 20.0 Å². The van der Waals surface area contributed by atoms with Crippen LogP contribution in [-0.4, -0.2) is 74.1 Å². The fraction of sp³-hybridized carbons (Fsp3) is 0.556. The number of carbonyl (C=O) groups excluding carboxylic acids is 2. The van der Waals surface area contributed by atoms with Crippen molar-refractivity contribution < 1.29 is 22.8 Å². The molecule has 2 aliphatic heterocycles. The molecule has 1 aromatic rings. The van der Waals surface area contributed by atoms with Crippen LogP contribution < -0.4 is 10.2 Å². The highest BCUT2D eigenvalue weighted by Gasteiger charge is 2.40. The highest BCUT2D eigenvalue weighted by Crippen LogP contribution is 2.31. The number of benzene rings is 1. The highest BCUT2D eigenvalue weighted by atomic mass is 35.5. The summed E-state index contributed by atoms with van der Waals surface area (Å²) in [5.74, 6) is -1.97. The third-order valence-corrected chi connectivity index (χ3v) is 5.25. The third-order valence-electron chi connectivity index (χ3n) is 5.02. The minimum atomic E-state index is -4.48. The number of amides is 2. The zero-order valence-electron chi connectivity index (χ0n) is 15.4. The Hall–Kier alpha value is -2.00. The highest BCUT2D eigenvalue weighted by molar-refractivity contribution is 6.31. The number of halogens is 4. The van der Waals surface area contributed by atoms with Crippen LogP contribution in [-0.2, 0) is 9.59 Å². The van der Waals surface area contributed by atoms with Crippen molar-refractivity contribution in [3.05, 3.63) is 23.2 Å². The van der Waals surface area contributed by atoms with Gasteiger partial charge in [-0.25, -0.2) is 0 Å². The summed E-state index contributed by atoms with van der Waals surface area (Å²) in [5, 5.41) is 3.21. The SMILES string of the molecule is CN1CCN(c2ccc(Cl)cc2NC(=O)C2CC(=O)N(CC(F)(F)F)C2)CC1. The number of hydrogen-bond donors (Lipinski definition) is 1. The molecule has 1 aromatic carbocycles. The molecule has 0 spiro atoms. The Morgan fingerprint density at radius 1 is 1.25 bits per heavy atom. The lowest BCUT2D eigenvalue weighted by Gasteiger charge is -2.35. The number of anilines is 2. The lowest BCUT2D eigenvalue weighted by atomic mass is 10.1. The molecule has 10 heteroatoms. The van der Waals surface area contributed by atoms with Gasteiger partial charge in [0.15, 0.2) is 0 Å². The number of likely N-dealkylation sites (N-methyl/N-ethyl adjacent to an activating group) is 1. The van der Waals surface area contributed by atoms with Crippen LogP contribution in [0.2, 0.25) is 5.02 Å². The second-order valence-corrected chi connectivity index (χ2v) is 7.67. The number of nitrogens with zero attached hydrogens (tertiary/aromatic N) is 3. The van der Waals surface area contributed by atoms with Gasteiger partial charge >= 0.3 is 6.18 Å². The Morgan fingerprint density at radius 2 is 1.93 bits per heavy atom. The van der Waals surface area contributed by atoms with E-state index in [2.05, 4.69) is 15.1 Å². The van der Waals surface area contributed by atoms with Crippen LogP contribution >= 0.6 is 11.6 Å². The molecule has 3 rings (SSSR count). The van der Waals surface area contributed by atoms with Crippen molar-refractivity contribution in [2.75, 3.05) is 56.5 Å². The van der Waals surface area contributed by atoms with Gasteiger partial charge in [0.2, 0.25) is 11.8 Å². The summed E-state index contributed by atoms with van der Waals surface area (Å²) in [4.78, 5) is 29.5. The second kappa shape index (κ2) is 8.16. The van der Waals surface area contributed by atoms with Gasteiger partial charge in [-0.15, -0.1) is 0 Å². The normalized spacial score (nSPS) is 21.3. The predicted octanol–water partition coefficient (Wildman–Crippen LogP) is 2.44. The van der Waals surface area contributed by atoms with Gasteiger partial charge in [-0.05, 0) is 25.2 Å². The molecule has 1 unspecified atom stereocenters. The number of piperazine rings is 1. The molecule has 0 saturated carbocycles. The molecule has 0 bridgehead atoms. The standard InChI is InChI=1S/C18H22ClF3N4O2/c1-24-4-6-25(7-5-24)15-3-2-13(19)9-14(15)23-17(28)12-8-16(27)26(10-12)11-18(20,21)22/h2-3,9,12H,4-8,10-11H2,1H3,(H,23,28). The minimum Gasteiger partial charge on any atom is -0.367 e. The van der Waals surface area contributed by atoms with Gasteiger partial charge in [-0.2, -0.15) is 13.2 Å². The van der Waals surface area contributed by atoms with E-state index < -0.39 is 30.5 Å². The summed E-state index contributed by atoms with van der Waals surface area (Å²) < 4.78 is 37.7. The summed E-state index contributed by atoms with van der Waals surface area (Å²) in [7, 11) is 2.03. The van der Waals surface area contributed by atoms with Gasteiger partial charge in [0, 0.05) is 44.2 Å². The van der Waals surface area contributed by atoms with E-state index in [-0.39, 0.29) is 13.0 Å². The first-order valence-electron chi connectivity index (χ1n) is 9.01. The number of carbonyl (C=O) groups is 2. The van der Waals surface area contributed by atoms with Gasteiger partial charge in [0.1, 0.15) is 6.54 Å². The van der Waals surface area contributed by atoms with E-state index in [0.717, 1.165) is 31.9 Å².